The van der Waals surface area contributed by atoms with Crippen molar-refractivity contribution in [2.75, 3.05) is 18.0 Å². The minimum absolute atomic E-state index is 0.0225. The molecule has 1 heterocycles. The summed E-state index contributed by atoms with van der Waals surface area (Å²) in [5, 5.41) is 0. The highest BCUT2D eigenvalue weighted by Crippen LogP contribution is 2.25. The second kappa shape index (κ2) is 7.30. The monoisotopic (exact) mass is 322 g/mol. The van der Waals surface area contributed by atoms with E-state index in [0.29, 0.717) is 26.1 Å². The largest absolute Gasteiger partial charge is 0.342 e. The van der Waals surface area contributed by atoms with E-state index in [4.69, 9.17) is 0 Å². The molecule has 1 atom stereocenters. The van der Waals surface area contributed by atoms with Gasteiger partial charge in [-0.25, -0.2) is 0 Å². The van der Waals surface area contributed by atoms with Gasteiger partial charge < -0.3 is 9.80 Å². The Labute approximate surface area is 142 Å². The van der Waals surface area contributed by atoms with Gasteiger partial charge in [0.05, 0.1) is 12.5 Å². The lowest BCUT2D eigenvalue weighted by Gasteiger charge is -2.26. The van der Waals surface area contributed by atoms with Crippen LogP contribution < -0.4 is 4.90 Å². The number of likely N-dealkylation sites (tertiary alicyclic amines) is 1. The molecule has 1 unspecified atom stereocenters. The Bertz CT molecular complexity index is 700. The molecule has 0 spiro atoms. The van der Waals surface area contributed by atoms with Crippen LogP contribution in [0.5, 0.6) is 0 Å². The maximum atomic E-state index is 13.1. The topological polar surface area (TPSA) is 40.6 Å². The van der Waals surface area contributed by atoms with E-state index in [1.54, 1.807) is 9.80 Å². The van der Waals surface area contributed by atoms with Gasteiger partial charge in [-0.15, -0.1) is 0 Å². The number of hydrogen-bond donors (Lipinski definition) is 0. The molecule has 2 aromatic carbocycles. The van der Waals surface area contributed by atoms with E-state index in [9.17, 15) is 9.59 Å². The van der Waals surface area contributed by atoms with Crippen molar-refractivity contribution in [1.29, 1.82) is 0 Å². The first-order chi connectivity index (χ1) is 11.7. The van der Waals surface area contributed by atoms with E-state index in [-0.39, 0.29) is 17.7 Å². The van der Waals surface area contributed by atoms with E-state index in [2.05, 4.69) is 0 Å². The van der Waals surface area contributed by atoms with Gasteiger partial charge in [0, 0.05) is 25.2 Å². The molecule has 0 aliphatic carbocycles. The van der Waals surface area contributed by atoms with E-state index in [1.165, 1.54) is 0 Å². The number of carbonyl (C=O) groups is 2. The van der Waals surface area contributed by atoms with Gasteiger partial charge in [-0.05, 0) is 24.6 Å². The van der Waals surface area contributed by atoms with Crippen molar-refractivity contribution in [2.24, 2.45) is 5.92 Å². The van der Waals surface area contributed by atoms with Gasteiger partial charge in [-0.1, -0.05) is 48.5 Å². The molecule has 1 saturated heterocycles. The highest BCUT2D eigenvalue weighted by molar-refractivity contribution is 5.99. The van der Waals surface area contributed by atoms with Crippen LogP contribution in [-0.2, 0) is 16.1 Å². The van der Waals surface area contributed by atoms with Gasteiger partial charge in [-0.3, -0.25) is 9.59 Å². The number of nitrogens with zero attached hydrogens (tertiary/aromatic N) is 2. The Balaban J connectivity index is 1.84. The second-order valence-corrected chi connectivity index (χ2v) is 6.08. The van der Waals surface area contributed by atoms with Gasteiger partial charge in [0.2, 0.25) is 11.8 Å². The van der Waals surface area contributed by atoms with E-state index in [0.717, 1.165) is 11.3 Å². The number of para-hydroxylation sites is 1. The van der Waals surface area contributed by atoms with Crippen LogP contribution >= 0.6 is 0 Å². The van der Waals surface area contributed by atoms with Crippen molar-refractivity contribution in [3.63, 3.8) is 0 Å². The molecule has 124 valence electrons. The molecular weight excluding hydrogens is 300 g/mol. The molecule has 0 N–H and O–H groups in total. The predicted octanol–water partition coefficient (Wildman–Crippen LogP) is 3.09. The number of rotatable bonds is 5. The van der Waals surface area contributed by atoms with Gasteiger partial charge >= 0.3 is 0 Å². The Morgan fingerprint density at radius 3 is 2.29 bits per heavy atom. The Morgan fingerprint density at radius 2 is 1.71 bits per heavy atom. The van der Waals surface area contributed by atoms with Crippen LogP contribution in [0.25, 0.3) is 0 Å². The second-order valence-electron chi connectivity index (χ2n) is 6.08. The summed E-state index contributed by atoms with van der Waals surface area (Å²) in [6, 6.07) is 19.6. The molecule has 24 heavy (non-hydrogen) atoms. The first kappa shape index (κ1) is 16.2. The first-order valence-electron chi connectivity index (χ1n) is 8.37. The van der Waals surface area contributed by atoms with Gasteiger partial charge in [0.1, 0.15) is 0 Å². The van der Waals surface area contributed by atoms with Crippen LogP contribution in [0.3, 0.4) is 0 Å². The minimum Gasteiger partial charge on any atom is -0.342 e. The lowest BCUT2D eigenvalue weighted by atomic mass is 10.1. The maximum Gasteiger partial charge on any atom is 0.232 e. The molecule has 3 rings (SSSR count). The van der Waals surface area contributed by atoms with Crippen LogP contribution in [0.4, 0.5) is 5.69 Å². The Hall–Kier alpha value is -2.62. The quantitative estimate of drug-likeness (QED) is 0.849. The molecule has 2 amide bonds. The van der Waals surface area contributed by atoms with Crippen molar-refractivity contribution in [2.45, 2.75) is 19.9 Å². The Kier molecular flexibility index (Phi) is 4.94. The van der Waals surface area contributed by atoms with Gasteiger partial charge in [0.25, 0.3) is 0 Å². The summed E-state index contributed by atoms with van der Waals surface area (Å²) in [6.45, 7) is 3.64. The van der Waals surface area contributed by atoms with Crippen molar-refractivity contribution >= 4 is 17.5 Å². The summed E-state index contributed by atoms with van der Waals surface area (Å²) < 4.78 is 0. The minimum atomic E-state index is -0.263. The lowest BCUT2D eigenvalue weighted by molar-refractivity contribution is -0.128. The maximum absolute atomic E-state index is 13.1. The molecule has 1 aliphatic heterocycles. The number of amides is 2. The highest BCUT2D eigenvalue weighted by atomic mass is 16.2. The third kappa shape index (κ3) is 3.48. The van der Waals surface area contributed by atoms with Crippen molar-refractivity contribution in [3.05, 3.63) is 66.2 Å². The Morgan fingerprint density at radius 1 is 1.08 bits per heavy atom. The summed E-state index contributed by atoms with van der Waals surface area (Å²) in [5.74, 6) is -0.167. The first-order valence-corrected chi connectivity index (χ1v) is 8.37. The van der Waals surface area contributed by atoms with E-state index < -0.39 is 0 Å². The normalized spacial score (nSPS) is 17.1. The van der Waals surface area contributed by atoms with Gasteiger partial charge in [-0.2, -0.15) is 0 Å². The van der Waals surface area contributed by atoms with Crippen molar-refractivity contribution < 1.29 is 9.59 Å². The summed E-state index contributed by atoms with van der Waals surface area (Å²) in [6.07, 6.45) is 0.310. The molecule has 4 nitrogen and oxygen atoms in total. The zero-order chi connectivity index (χ0) is 16.9. The average molecular weight is 322 g/mol. The number of benzene rings is 2. The summed E-state index contributed by atoms with van der Waals surface area (Å²) in [4.78, 5) is 28.7. The van der Waals surface area contributed by atoms with E-state index in [1.807, 2.05) is 67.6 Å². The third-order valence-corrected chi connectivity index (χ3v) is 4.46. The molecule has 1 aliphatic rings. The van der Waals surface area contributed by atoms with Crippen molar-refractivity contribution in [1.82, 2.24) is 4.90 Å². The summed E-state index contributed by atoms with van der Waals surface area (Å²) in [5.41, 5.74) is 1.94. The zero-order valence-electron chi connectivity index (χ0n) is 13.9. The fraction of sp³-hybridized carbons (Fsp3) is 0.300. The summed E-state index contributed by atoms with van der Waals surface area (Å²) >= 11 is 0. The third-order valence-electron chi connectivity index (χ3n) is 4.46. The van der Waals surface area contributed by atoms with Crippen LogP contribution in [0.15, 0.2) is 60.7 Å². The summed E-state index contributed by atoms with van der Waals surface area (Å²) in [7, 11) is 0. The molecule has 0 aromatic heterocycles. The average Bonchev–Trinajstić information content (AvgIpc) is 3.01. The molecule has 0 bridgehead atoms. The number of carbonyl (C=O) groups excluding carboxylic acids is 2. The fourth-order valence-electron chi connectivity index (χ4n) is 3.13. The molecule has 4 heteroatoms. The van der Waals surface area contributed by atoms with E-state index >= 15 is 0 Å². The van der Waals surface area contributed by atoms with Crippen LogP contribution in [0.2, 0.25) is 0 Å². The molecule has 1 fully saturated rings. The van der Waals surface area contributed by atoms with Crippen molar-refractivity contribution in [3.8, 4) is 0 Å². The molecule has 2 aromatic rings. The highest BCUT2D eigenvalue weighted by Gasteiger charge is 2.36. The standard InChI is InChI=1S/C20H22N2O2/c1-2-21-15-17(13-19(21)23)20(24)22(18-11-7-4-8-12-18)14-16-9-5-3-6-10-16/h3-12,17H,2,13-15H2,1H3. The molecular formula is C20H22N2O2. The zero-order valence-corrected chi connectivity index (χ0v) is 13.9. The predicted molar refractivity (Wildman–Crippen MR) is 94.4 cm³/mol. The molecule has 0 radical (unpaired) electrons. The van der Waals surface area contributed by atoms with Crippen LogP contribution in [0.1, 0.15) is 18.9 Å². The van der Waals surface area contributed by atoms with Crippen LogP contribution in [0, 0.1) is 5.92 Å². The number of anilines is 1. The fourth-order valence-corrected chi connectivity index (χ4v) is 3.13. The SMILES string of the molecule is CCN1CC(C(=O)N(Cc2ccccc2)c2ccccc2)CC1=O. The molecule has 0 saturated carbocycles. The lowest BCUT2D eigenvalue weighted by Crippen LogP contribution is -2.37. The van der Waals surface area contributed by atoms with Gasteiger partial charge in [0.15, 0.2) is 0 Å². The van der Waals surface area contributed by atoms with Crippen LogP contribution in [-0.4, -0.2) is 29.8 Å². The number of hydrogen-bond acceptors (Lipinski definition) is 2. The smallest absolute Gasteiger partial charge is 0.232 e.